The molecule has 106 valence electrons. The molecule has 0 fully saturated rings. The van der Waals surface area contributed by atoms with Gasteiger partial charge >= 0.3 is 0 Å². The van der Waals surface area contributed by atoms with Gasteiger partial charge in [-0.25, -0.2) is 0 Å². The van der Waals surface area contributed by atoms with Gasteiger partial charge in [-0.15, -0.1) is 0 Å². The van der Waals surface area contributed by atoms with Crippen molar-refractivity contribution in [1.82, 2.24) is 0 Å². The molecule has 1 atom stereocenters. The van der Waals surface area contributed by atoms with Gasteiger partial charge in [-0.2, -0.15) is 0 Å². The molecule has 1 unspecified atom stereocenters. The minimum Gasteiger partial charge on any atom is -0.391 e. The molecule has 2 N–H and O–H groups in total. The standard InChI is InChI=1S/C16H17Cl2NO/c17-15-8-4-7-14(16(15)18)12-19(9-10-20)11-13-5-2-1-3-6-13/h1-8,20H,9-12H2/p+1. The summed E-state index contributed by atoms with van der Waals surface area (Å²) < 4.78 is 0. The Kier molecular flexibility index (Phi) is 5.86. The van der Waals surface area contributed by atoms with Crippen molar-refractivity contribution in [3.63, 3.8) is 0 Å². The number of hydrogen-bond acceptors (Lipinski definition) is 1. The Bertz CT molecular complexity index is 545. The van der Waals surface area contributed by atoms with Crippen molar-refractivity contribution in [2.24, 2.45) is 0 Å². The van der Waals surface area contributed by atoms with E-state index in [1.165, 1.54) is 10.5 Å². The molecule has 0 amide bonds. The molecule has 0 aliphatic carbocycles. The van der Waals surface area contributed by atoms with Crippen LogP contribution in [0.4, 0.5) is 0 Å². The second-order valence-electron chi connectivity index (χ2n) is 4.78. The van der Waals surface area contributed by atoms with Crippen molar-refractivity contribution in [2.45, 2.75) is 13.1 Å². The Morgan fingerprint density at radius 3 is 2.35 bits per heavy atom. The van der Waals surface area contributed by atoms with Crippen molar-refractivity contribution in [3.05, 3.63) is 69.7 Å². The molecule has 0 aromatic heterocycles. The molecule has 0 aliphatic rings. The van der Waals surface area contributed by atoms with Gasteiger partial charge in [0, 0.05) is 11.1 Å². The molecule has 2 rings (SSSR count). The monoisotopic (exact) mass is 310 g/mol. The first kappa shape index (κ1) is 15.3. The lowest BCUT2D eigenvalue weighted by Gasteiger charge is -2.19. The van der Waals surface area contributed by atoms with Gasteiger partial charge in [0.2, 0.25) is 0 Å². The minimum atomic E-state index is 0.153. The average molecular weight is 311 g/mol. The Morgan fingerprint density at radius 1 is 0.900 bits per heavy atom. The fourth-order valence-electron chi connectivity index (χ4n) is 2.24. The van der Waals surface area contributed by atoms with E-state index in [1.54, 1.807) is 6.07 Å². The molecule has 0 saturated carbocycles. The SMILES string of the molecule is OCC[NH+](Cc1ccccc1)Cc1cccc(Cl)c1Cl. The van der Waals surface area contributed by atoms with Gasteiger partial charge in [0.15, 0.2) is 0 Å². The molecule has 20 heavy (non-hydrogen) atoms. The van der Waals surface area contributed by atoms with Gasteiger partial charge in [-0.3, -0.25) is 0 Å². The quantitative estimate of drug-likeness (QED) is 0.842. The Morgan fingerprint density at radius 2 is 1.65 bits per heavy atom. The highest BCUT2D eigenvalue weighted by Crippen LogP contribution is 2.24. The molecule has 0 bridgehead atoms. The maximum Gasteiger partial charge on any atom is 0.105 e. The van der Waals surface area contributed by atoms with Crippen LogP contribution in [0.3, 0.4) is 0 Å². The largest absolute Gasteiger partial charge is 0.391 e. The molecule has 0 aliphatic heterocycles. The summed E-state index contributed by atoms with van der Waals surface area (Å²) in [7, 11) is 0. The molecule has 0 spiro atoms. The van der Waals surface area contributed by atoms with E-state index in [1.807, 2.05) is 30.3 Å². The summed E-state index contributed by atoms with van der Waals surface area (Å²) in [5.41, 5.74) is 2.26. The molecule has 2 aromatic rings. The van der Waals surface area contributed by atoms with Gasteiger partial charge < -0.3 is 10.0 Å². The number of quaternary nitrogens is 1. The number of aliphatic hydroxyl groups is 1. The first-order chi connectivity index (χ1) is 9.70. The molecular formula is C16H18Cl2NO+. The number of halogens is 2. The van der Waals surface area contributed by atoms with E-state index in [0.717, 1.165) is 18.7 Å². The van der Waals surface area contributed by atoms with Crippen molar-refractivity contribution < 1.29 is 10.0 Å². The van der Waals surface area contributed by atoms with Crippen molar-refractivity contribution in [2.75, 3.05) is 13.2 Å². The van der Waals surface area contributed by atoms with E-state index in [2.05, 4.69) is 12.1 Å². The summed E-state index contributed by atoms with van der Waals surface area (Å²) in [6.07, 6.45) is 0. The third-order valence-corrected chi connectivity index (χ3v) is 4.09. The first-order valence-electron chi connectivity index (χ1n) is 6.62. The summed E-state index contributed by atoms with van der Waals surface area (Å²) in [5, 5.41) is 10.4. The van der Waals surface area contributed by atoms with E-state index in [0.29, 0.717) is 16.6 Å². The lowest BCUT2D eigenvalue weighted by atomic mass is 10.1. The van der Waals surface area contributed by atoms with Crippen molar-refractivity contribution >= 4 is 23.2 Å². The van der Waals surface area contributed by atoms with Crippen LogP contribution in [-0.4, -0.2) is 18.3 Å². The number of aliphatic hydroxyl groups excluding tert-OH is 1. The summed E-state index contributed by atoms with van der Waals surface area (Å²) in [6, 6.07) is 15.9. The van der Waals surface area contributed by atoms with Crippen LogP contribution in [0.1, 0.15) is 11.1 Å². The molecule has 2 aromatic carbocycles. The number of nitrogens with one attached hydrogen (secondary N) is 1. The number of benzene rings is 2. The summed E-state index contributed by atoms with van der Waals surface area (Å²) in [6.45, 7) is 2.43. The molecular weight excluding hydrogens is 293 g/mol. The van der Waals surface area contributed by atoms with Crippen molar-refractivity contribution in [1.29, 1.82) is 0 Å². The van der Waals surface area contributed by atoms with Crippen LogP contribution >= 0.6 is 23.2 Å². The zero-order valence-corrected chi connectivity index (χ0v) is 12.7. The normalized spacial score (nSPS) is 12.3. The van der Waals surface area contributed by atoms with Gasteiger partial charge in [-0.1, -0.05) is 65.7 Å². The minimum absolute atomic E-state index is 0.153. The Labute approximate surface area is 129 Å². The summed E-state index contributed by atoms with van der Waals surface area (Å²) in [4.78, 5) is 1.25. The third-order valence-electron chi connectivity index (χ3n) is 3.23. The van der Waals surface area contributed by atoms with Crippen LogP contribution in [0.5, 0.6) is 0 Å². The van der Waals surface area contributed by atoms with Crippen LogP contribution < -0.4 is 4.90 Å². The van der Waals surface area contributed by atoms with Crippen LogP contribution in [0.2, 0.25) is 10.0 Å². The van der Waals surface area contributed by atoms with E-state index in [-0.39, 0.29) is 6.61 Å². The summed E-state index contributed by atoms with van der Waals surface area (Å²) in [5.74, 6) is 0. The maximum absolute atomic E-state index is 9.24. The van der Waals surface area contributed by atoms with E-state index in [9.17, 15) is 5.11 Å². The van der Waals surface area contributed by atoms with Gasteiger partial charge in [0.05, 0.1) is 16.7 Å². The third kappa shape index (κ3) is 4.22. The number of hydrogen-bond donors (Lipinski definition) is 2. The first-order valence-corrected chi connectivity index (χ1v) is 7.37. The predicted octanol–water partition coefficient (Wildman–Crippen LogP) is 2.57. The van der Waals surface area contributed by atoms with Crippen LogP contribution in [0, 0.1) is 0 Å². The summed E-state index contributed by atoms with van der Waals surface area (Å²) >= 11 is 12.3. The van der Waals surface area contributed by atoms with E-state index in [4.69, 9.17) is 23.2 Å². The smallest absolute Gasteiger partial charge is 0.105 e. The Hall–Kier alpha value is -1.06. The molecule has 2 nitrogen and oxygen atoms in total. The van der Waals surface area contributed by atoms with Gasteiger partial charge in [-0.05, 0) is 6.07 Å². The zero-order chi connectivity index (χ0) is 14.4. The van der Waals surface area contributed by atoms with Crippen molar-refractivity contribution in [3.8, 4) is 0 Å². The molecule has 4 heteroatoms. The molecule has 0 heterocycles. The fraction of sp³-hybridized carbons (Fsp3) is 0.250. The van der Waals surface area contributed by atoms with Gasteiger partial charge in [0.25, 0.3) is 0 Å². The molecule has 0 saturated heterocycles. The lowest BCUT2D eigenvalue weighted by molar-refractivity contribution is -0.927. The van der Waals surface area contributed by atoms with Crippen LogP contribution in [0.25, 0.3) is 0 Å². The van der Waals surface area contributed by atoms with Crippen LogP contribution in [-0.2, 0) is 13.1 Å². The highest BCUT2D eigenvalue weighted by molar-refractivity contribution is 6.42. The van der Waals surface area contributed by atoms with Gasteiger partial charge in [0.1, 0.15) is 19.6 Å². The second kappa shape index (κ2) is 7.65. The van der Waals surface area contributed by atoms with E-state index >= 15 is 0 Å². The average Bonchev–Trinajstić information content (AvgIpc) is 2.45. The molecule has 0 radical (unpaired) electrons. The van der Waals surface area contributed by atoms with Crippen LogP contribution in [0.15, 0.2) is 48.5 Å². The maximum atomic E-state index is 9.24. The fourth-order valence-corrected chi connectivity index (χ4v) is 2.62. The second-order valence-corrected chi connectivity index (χ2v) is 5.56. The number of rotatable bonds is 6. The topological polar surface area (TPSA) is 24.7 Å². The highest BCUT2D eigenvalue weighted by Gasteiger charge is 2.13. The highest BCUT2D eigenvalue weighted by atomic mass is 35.5. The predicted molar refractivity (Wildman–Crippen MR) is 83.2 cm³/mol. The Balaban J connectivity index is 2.11. The zero-order valence-electron chi connectivity index (χ0n) is 11.2. The lowest BCUT2D eigenvalue weighted by Crippen LogP contribution is -3.09. The van der Waals surface area contributed by atoms with E-state index < -0.39 is 0 Å².